The van der Waals surface area contributed by atoms with Crippen LogP contribution in [0.5, 0.6) is 0 Å². The summed E-state index contributed by atoms with van der Waals surface area (Å²) in [6, 6.07) is 3.27. The predicted octanol–water partition coefficient (Wildman–Crippen LogP) is 2.73. The first-order valence-corrected chi connectivity index (χ1v) is 9.45. The molecule has 0 amide bonds. The highest BCUT2D eigenvalue weighted by Gasteiger charge is 2.42. The van der Waals surface area contributed by atoms with E-state index in [0.717, 1.165) is 18.1 Å². The van der Waals surface area contributed by atoms with E-state index in [1.54, 1.807) is 7.11 Å². The predicted molar refractivity (Wildman–Crippen MR) is 73.0 cm³/mol. The van der Waals surface area contributed by atoms with Gasteiger partial charge in [0.25, 0.3) is 0 Å². The summed E-state index contributed by atoms with van der Waals surface area (Å²) < 4.78 is 17.1. The maximum atomic E-state index is 11.4. The molecule has 1 rings (SSSR count). The van der Waals surface area contributed by atoms with Crippen LogP contribution in [0.15, 0.2) is 0 Å². The molecule has 0 spiro atoms. The van der Waals surface area contributed by atoms with Crippen LogP contribution in [0.2, 0.25) is 18.1 Å². The van der Waals surface area contributed by atoms with Gasteiger partial charge in [-0.2, -0.15) is 0 Å². The fraction of sp³-hybridized carbons (Fsp3) is 0.923. The Morgan fingerprint density at radius 1 is 1.28 bits per heavy atom. The molecule has 1 aliphatic heterocycles. The Morgan fingerprint density at radius 2 is 1.83 bits per heavy atom. The first-order valence-electron chi connectivity index (χ1n) is 6.92. The van der Waals surface area contributed by atoms with Gasteiger partial charge >= 0.3 is 5.97 Å². The molecule has 4 nitrogen and oxygen atoms in total. The second-order valence-electron chi connectivity index (χ2n) is 5.00. The van der Waals surface area contributed by atoms with Gasteiger partial charge in [-0.25, -0.2) is 0 Å². The molecule has 0 saturated carbocycles. The van der Waals surface area contributed by atoms with Crippen molar-refractivity contribution in [1.29, 1.82) is 0 Å². The molecule has 0 aliphatic carbocycles. The van der Waals surface area contributed by atoms with Crippen molar-refractivity contribution in [2.45, 2.75) is 70.6 Å². The molecule has 18 heavy (non-hydrogen) atoms. The number of methoxy groups -OCH3 is 1. The van der Waals surface area contributed by atoms with Gasteiger partial charge < -0.3 is 13.9 Å². The Morgan fingerprint density at radius 3 is 2.28 bits per heavy atom. The van der Waals surface area contributed by atoms with Crippen molar-refractivity contribution >= 4 is 14.3 Å². The van der Waals surface area contributed by atoms with E-state index in [1.807, 2.05) is 6.92 Å². The van der Waals surface area contributed by atoms with Crippen LogP contribution in [0.3, 0.4) is 0 Å². The zero-order valence-electron chi connectivity index (χ0n) is 12.2. The van der Waals surface area contributed by atoms with Gasteiger partial charge in [-0.15, -0.1) is 0 Å². The van der Waals surface area contributed by atoms with Crippen molar-refractivity contribution in [2.75, 3.05) is 7.11 Å². The topological polar surface area (TPSA) is 44.8 Å². The van der Waals surface area contributed by atoms with Crippen LogP contribution in [0, 0.1) is 0 Å². The number of carbonyl (C=O) groups is 1. The maximum Gasteiger partial charge on any atom is 0.308 e. The second kappa shape index (κ2) is 6.68. The van der Waals surface area contributed by atoms with Crippen LogP contribution in [0.1, 0.15) is 34.1 Å². The third-order valence-electron chi connectivity index (χ3n) is 4.14. The number of rotatable bonds is 6. The molecule has 5 heteroatoms. The maximum absolute atomic E-state index is 11.4. The van der Waals surface area contributed by atoms with Gasteiger partial charge in [0.15, 0.2) is 8.32 Å². The molecule has 0 radical (unpaired) electrons. The number of hydrogen-bond donors (Lipinski definition) is 0. The van der Waals surface area contributed by atoms with Crippen molar-refractivity contribution in [2.24, 2.45) is 0 Å². The molecule has 0 unspecified atom stereocenters. The molecule has 0 aromatic carbocycles. The summed E-state index contributed by atoms with van der Waals surface area (Å²) in [5, 5.41) is 0. The number of hydrogen-bond acceptors (Lipinski definition) is 4. The van der Waals surface area contributed by atoms with E-state index in [1.165, 1.54) is 0 Å². The quantitative estimate of drug-likeness (QED) is 0.552. The van der Waals surface area contributed by atoms with E-state index in [4.69, 9.17) is 13.9 Å². The lowest BCUT2D eigenvalue weighted by atomic mass is 10.0. The average Bonchev–Trinajstić information content (AvgIpc) is 2.38. The van der Waals surface area contributed by atoms with Gasteiger partial charge in [-0.1, -0.05) is 20.8 Å². The summed E-state index contributed by atoms with van der Waals surface area (Å²) in [6.45, 7) is 8.48. The summed E-state index contributed by atoms with van der Waals surface area (Å²) in [4.78, 5) is 11.4. The molecule has 0 N–H and O–H groups in total. The molecule has 1 aliphatic rings. The molecular formula is C13H26O4Si. The monoisotopic (exact) mass is 274 g/mol. The Kier molecular flexibility index (Phi) is 5.81. The van der Waals surface area contributed by atoms with Crippen LogP contribution in [-0.4, -0.2) is 39.7 Å². The third kappa shape index (κ3) is 3.33. The SMILES string of the molecule is CC[Si](CC)(CC)O[C@@H]1[C@H](C)OC(=O)C[C@@H]1OC. The molecular weight excluding hydrogens is 248 g/mol. The first-order chi connectivity index (χ1) is 8.51. The lowest BCUT2D eigenvalue weighted by Crippen LogP contribution is -2.53. The minimum absolute atomic E-state index is 0.112. The lowest BCUT2D eigenvalue weighted by Gasteiger charge is -2.41. The summed E-state index contributed by atoms with van der Waals surface area (Å²) in [7, 11) is -0.0597. The van der Waals surface area contributed by atoms with Crippen molar-refractivity contribution in [3.8, 4) is 0 Å². The summed E-state index contributed by atoms with van der Waals surface area (Å²) in [5.74, 6) is -0.189. The normalized spacial score (nSPS) is 29.2. The van der Waals surface area contributed by atoms with Gasteiger partial charge in [0.2, 0.25) is 0 Å². The van der Waals surface area contributed by atoms with E-state index >= 15 is 0 Å². The summed E-state index contributed by atoms with van der Waals surface area (Å²) >= 11 is 0. The first kappa shape index (κ1) is 15.7. The number of esters is 1. The zero-order valence-corrected chi connectivity index (χ0v) is 13.2. The average molecular weight is 274 g/mol. The van der Waals surface area contributed by atoms with Crippen molar-refractivity contribution in [3.63, 3.8) is 0 Å². The molecule has 1 saturated heterocycles. The van der Waals surface area contributed by atoms with E-state index in [2.05, 4.69) is 20.8 Å². The van der Waals surface area contributed by atoms with Crippen molar-refractivity contribution in [3.05, 3.63) is 0 Å². The fourth-order valence-corrected chi connectivity index (χ4v) is 5.50. The molecule has 0 aromatic rings. The molecule has 3 atom stereocenters. The van der Waals surface area contributed by atoms with E-state index < -0.39 is 8.32 Å². The standard InChI is InChI=1S/C13H26O4Si/c1-6-18(7-2,8-3)17-13-10(4)16-12(14)9-11(13)15-5/h10-11,13H,6-9H2,1-5H3/t10-,11-,13+/m0/s1. The van der Waals surface area contributed by atoms with Crippen molar-refractivity contribution < 1.29 is 18.7 Å². The van der Waals surface area contributed by atoms with Gasteiger partial charge in [0, 0.05) is 7.11 Å². The molecule has 106 valence electrons. The minimum atomic E-state index is -1.70. The van der Waals surface area contributed by atoms with Crippen LogP contribution >= 0.6 is 0 Å². The van der Waals surface area contributed by atoms with Gasteiger partial charge in [0.05, 0.1) is 12.5 Å². The molecule has 1 fully saturated rings. The largest absolute Gasteiger partial charge is 0.460 e. The third-order valence-corrected chi connectivity index (χ3v) is 8.77. The smallest absolute Gasteiger partial charge is 0.308 e. The molecule has 0 aromatic heterocycles. The highest BCUT2D eigenvalue weighted by molar-refractivity contribution is 6.73. The Balaban J connectivity index is 2.81. The van der Waals surface area contributed by atoms with Crippen LogP contribution in [0.4, 0.5) is 0 Å². The van der Waals surface area contributed by atoms with Crippen LogP contribution in [0.25, 0.3) is 0 Å². The molecule has 0 bridgehead atoms. The van der Waals surface area contributed by atoms with Crippen LogP contribution < -0.4 is 0 Å². The van der Waals surface area contributed by atoms with Crippen LogP contribution in [-0.2, 0) is 18.7 Å². The lowest BCUT2D eigenvalue weighted by molar-refractivity contribution is -0.176. The molecule has 1 heterocycles. The Labute approximate surface area is 111 Å². The highest BCUT2D eigenvalue weighted by Crippen LogP contribution is 2.29. The van der Waals surface area contributed by atoms with Gasteiger partial charge in [0.1, 0.15) is 12.2 Å². The Hall–Kier alpha value is -0.393. The van der Waals surface area contributed by atoms with Crippen molar-refractivity contribution in [1.82, 2.24) is 0 Å². The van der Waals surface area contributed by atoms with E-state index in [-0.39, 0.29) is 24.3 Å². The number of ether oxygens (including phenoxy) is 2. The minimum Gasteiger partial charge on any atom is -0.460 e. The Bertz CT molecular complexity index is 270. The summed E-state index contributed by atoms with van der Waals surface area (Å²) in [5.41, 5.74) is 0. The number of carbonyl (C=O) groups excluding carboxylic acids is 1. The number of cyclic esters (lactones) is 1. The van der Waals surface area contributed by atoms with Gasteiger partial charge in [-0.3, -0.25) is 4.79 Å². The second-order valence-corrected chi connectivity index (χ2v) is 9.72. The summed E-state index contributed by atoms with van der Waals surface area (Å²) in [6.07, 6.45) is -0.197. The highest BCUT2D eigenvalue weighted by atomic mass is 28.4. The fourth-order valence-electron chi connectivity index (χ4n) is 2.58. The van der Waals surface area contributed by atoms with E-state index in [9.17, 15) is 4.79 Å². The van der Waals surface area contributed by atoms with Gasteiger partial charge in [-0.05, 0) is 25.1 Å². The van der Waals surface area contributed by atoms with E-state index in [0.29, 0.717) is 6.42 Å². The zero-order chi connectivity index (χ0) is 13.8.